The van der Waals surface area contributed by atoms with E-state index in [4.69, 9.17) is 14.7 Å². The summed E-state index contributed by atoms with van der Waals surface area (Å²) < 4.78 is 11.3. The van der Waals surface area contributed by atoms with Gasteiger partial charge in [-0.3, -0.25) is 0 Å². The Balaban J connectivity index is 1.99. The van der Waals surface area contributed by atoms with Crippen LogP contribution < -0.4 is 4.74 Å². The van der Waals surface area contributed by atoms with Gasteiger partial charge in [-0.05, 0) is 49.4 Å². The molecule has 0 aliphatic heterocycles. The monoisotopic (exact) mass is 341 g/mol. The van der Waals surface area contributed by atoms with E-state index in [9.17, 15) is 4.79 Å². The Morgan fingerprint density at radius 2 is 1.88 bits per heavy atom. The SMILES string of the molecule is Cc1ccc(C(=O)OC(COc2ccccc2C)CSC#N)cc1. The zero-order valence-corrected chi connectivity index (χ0v) is 14.5. The number of nitrogens with zero attached hydrogens (tertiary/aromatic N) is 1. The number of carbonyl (C=O) groups is 1. The molecular formula is C19H19NO3S. The third-order valence-corrected chi connectivity index (χ3v) is 4.08. The first kappa shape index (κ1) is 17.9. The Labute approximate surface area is 146 Å². The van der Waals surface area contributed by atoms with Crippen molar-refractivity contribution in [3.63, 3.8) is 0 Å². The minimum Gasteiger partial charge on any atom is -0.489 e. The minimum atomic E-state index is -0.497. The lowest BCUT2D eigenvalue weighted by molar-refractivity contribution is 0.0241. The van der Waals surface area contributed by atoms with Crippen molar-refractivity contribution in [2.45, 2.75) is 20.0 Å². The topological polar surface area (TPSA) is 59.3 Å². The van der Waals surface area contributed by atoms with Gasteiger partial charge in [-0.25, -0.2) is 4.79 Å². The maximum Gasteiger partial charge on any atom is 0.338 e. The highest BCUT2D eigenvalue weighted by Crippen LogP contribution is 2.18. The lowest BCUT2D eigenvalue weighted by Gasteiger charge is -2.18. The lowest BCUT2D eigenvalue weighted by atomic mass is 10.1. The van der Waals surface area contributed by atoms with Crippen LogP contribution in [-0.4, -0.2) is 24.4 Å². The number of benzene rings is 2. The van der Waals surface area contributed by atoms with Gasteiger partial charge in [-0.2, -0.15) is 5.26 Å². The van der Waals surface area contributed by atoms with Crippen LogP contribution in [0.1, 0.15) is 21.5 Å². The van der Waals surface area contributed by atoms with Gasteiger partial charge < -0.3 is 9.47 Å². The van der Waals surface area contributed by atoms with Gasteiger partial charge in [0, 0.05) is 5.75 Å². The molecule has 0 saturated carbocycles. The smallest absolute Gasteiger partial charge is 0.338 e. The second-order valence-electron chi connectivity index (χ2n) is 5.37. The lowest BCUT2D eigenvalue weighted by Crippen LogP contribution is -2.27. The van der Waals surface area contributed by atoms with Gasteiger partial charge in [0.15, 0.2) is 0 Å². The van der Waals surface area contributed by atoms with E-state index in [1.54, 1.807) is 12.1 Å². The van der Waals surface area contributed by atoms with E-state index in [-0.39, 0.29) is 6.61 Å². The first-order valence-electron chi connectivity index (χ1n) is 7.57. The molecule has 0 N–H and O–H groups in total. The highest BCUT2D eigenvalue weighted by atomic mass is 32.2. The number of esters is 1. The fraction of sp³-hybridized carbons (Fsp3) is 0.263. The van der Waals surface area contributed by atoms with Crippen LogP contribution in [-0.2, 0) is 4.74 Å². The molecule has 5 heteroatoms. The predicted octanol–water partition coefficient (Wildman–Crippen LogP) is 4.12. The Hall–Kier alpha value is -2.45. The molecule has 24 heavy (non-hydrogen) atoms. The molecule has 0 radical (unpaired) electrons. The minimum absolute atomic E-state index is 0.205. The Morgan fingerprint density at radius 3 is 2.54 bits per heavy atom. The number of carbonyl (C=O) groups excluding carboxylic acids is 1. The third-order valence-electron chi connectivity index (χ3n) is 3.41. The Kier molecular flexibility index (Phi) is 6.71. The number of nitriles is 1. The van der Waals surface area contributed by atoms with E-state index >= 15 is 0 Å². The largest absolute Gasteiger partial charge is 0.489 e. The van der Waals surface area contributed by atoms with Crippen LogP contribution >= 0.6 is 11.8 Å². The van der Waals surface area contributed by atoms with Crippen molar-refractivity contribution in [3.05, 3.63) is 65.2 Å². The number of ether oxygens (including phenoxy) is 2. The molecule has 1 unspecified atom stereocenters. The molecule has 0 bridgehead atoms. The molecule has 0 saturated heterocycles. The molecule has 2 aromatic rings. The molecule has 0 fully saturated rings. The highest BCUT2D eigenvalue weighted by Gasteiger charge is 2.17. The van der Waals surface area contributed by atoms with Gasteiger partial charge in [0.2, 0.25) is 0 Å². The van der Waals surface area contributed by atoms with Crippen LogP contribution in [0.25, 0.3) is 0 Å². The van der Waals surface area contributed by atoms with Crippen molar-refractivity contribution in [1.29, 1.82) is 5.26 Å². The summed E-state index contributed by atoms with van der Waals surface area (Å²) in [5.74, 6) is 0.697. The summed E-state index contributed by atoms with van der Waals surface area (Å²) in [6.45, 7) is 4.11. The van der Waals surface area contributed by atoms with Crippen LogP contribution in [0.3, 0.4) is 0 Å². The Bertz CT molecular complexity index is 722. The number of hydrogen-bond donors (Lipinski definition) is 0. The summed E-state index contributed by atoms with van der Waals surface area (Å²) in [5, 5.41) is 10.8. The second-order valence-corrected chi connectivity index (χ2v) is 6.18. The van der Waals surface area contributed by atoms with Gasteiger partial charge in [0.05, 0.1) is 5.56 Å². The number of thioether (sulfide) groups is 1. The van der Waals surface area contributed by atoms with E-state index in [2.05, 4.69) is 0 Å². The van der Waals surface area contributed by atoms with Crippen LogP contribution in [0.4, 0.5) is 0 Å². The fourth-order valence-electron chi connectivity index (χ4n) is 2.06. The van der Waals surface area contributed by atoms with E-state index in [0.29, 0.717) is 11.3 Å². The normalized spacial score (nSPS) is 11.4. The molecule has 0 aliphatic rings. The van der Waals surface area contributed by atoms with E-state index in [1.807, 2.05) is 55.6 Å². The van der Waals surface area contributed by atoms with Gasteiger partial charge in [-0.1, -0.05) is 35.9 Å². The van der Waals surface area contributed by atoms with Crippen molar-refractivity contribution in [2.24, 2.45) is 0 Å². The third kappa shape index (κ3) is 5.32. The van der Waals surface area contributed by atoms with Gasteiger partial charge >= 0.3 is 5.97 Å². The van der Waals surface area contributed by atoms with E-state index in [0.717, 1.165) is 28.6 Å². The van der Waals surface area contributed by atoms with Gasteiger partial charge in [0.1, 0.15) is 23.9 Å². The fourth-order valence-corrected chi connectivity index (χ4v) is 2.48. The maximum absolute atomic E-state index is 12.2. The maximum atomic E-state index is 12.2. The van der Waals surface area contributed by atoms with Crippen molar-refractivity contribution >= 4 is 17.7 Å². The molecule has 0 aliphatic carbocycles. The van der Waals surface area contributed by atoms with Gasteiger partial charge in [0.25, 0.3) is 0 Å². The van der Waals surface area contributed by atoms with Gasteiger partial charge in [-0.15, -0.1) is 0 Å². The number of rotatable bonds is 7. The van der Waals surface area contributed by atoms with E-state index in [1.165, 1.54) is 0 Å². The summed E-state index contributed by atoms with van der Waals surface area (Å²) in [6.07, 6.45) is -0.497. The molecular weight excluding hydrogens is 322 g/mol. The average molecular weight is 341 g/mol. The predicted molar refractivity (Wildman–Crippen MR) is 95.1 cm³/mol. The molecule has 0 spiro atoms. The molecule has 1 atom stereocenters. The second kappa shape index (κ2) is 8.99. The molecule has 0 aromatic heterocycles. The number of thiocyanates is 1. The molecule has 124 valence electrons. The molecule has 2 aromatic carbocycles. The van der Waals surface area contributed by atoms with E-state index < -0.39 is 12.1 Å². The number of aryl methyl sites for hydroxylation is 2. The van der Waals surface area contributed by atoms with Crippen LogP contribution in [0.5, 0.6) is 5.75 Å². The molecule has 0 amide bonds. The first-order chi connectivity index (χ1) is 11.6. The summed E-state index contributed by atoms with van der Waals surface area (Å²) in [5.41, 5.74) is 2.57. The zero-order valence-electron chi connectivity index (χ0n) is 13.7. The van der Waals surface area contributed by atoms with Crippen LogP contribution in [0.2, 0.25) is 0 Å². The standard InChI is InChI=1S/C19H19NO3S/c1-14-7-9-16(10-8-14)19(21)23-17(12-24-13-20)11-22-18-6-4-3-5-15(18)2/h3-10,17H,11-12H2,1-2H3. The van der Waals surface area contributed by atoms with Crippen molar-refractivity contribution in [2.75, 3.05) is 12.4 Å². The van der Waals surface area contributed by atoms with Crippen LogP contribution in [0, 0.1) is 24.5 Å². The quantitative estimate of drug-likeness (QED) is 0.560. The molecule has 4 nitrogen and oxygen atoms in total. The van der Waals surface area contributed by atoms with Crippen LogP contribution in [0.15, 0.2) is 48.5 Å². The van der Waals surface area contributed by atoms with Crippen molar-refractivity contribution in [3.8, 4) is 11.2 Å². The number of hydrogen-bond acceptors (Lipinski definition) is 5. The van der Waals surface area contributed by atoms with Crippen molar-refractivity contribution in [1.82, 2.24) is 0 Å². The summed E-state index contributed by atoms with van der Waals surface area (Å²) >= 11 is 1.04. The highest BCUT2D eigenvalue weighted by molar-refractivity contribution is 8.03. The summed E-state index contributed by atoms with van der Waals surface area (Å²) in [4.78, 5) is 12.2. The molecule has 0 heterocycles. The van der Waals surface area contributed by atoms with Crippen molar-refractivity contribution < 1.29 is 14.3 Å². The summed E-state index contributed by atoms with van der Waals surface area (Å²) in [7, 11) is 0. The summed E-state index contributed by atoms with van der Waals surface area (Å²) in [6, 6.07) is 14.8. The average Bonchev–Trinajstić information content (AvgIpc) is 2.59. The number of para-hydroxylation sites is 1. The Morgan fingerprint density at radius 1 is 1.17 bits per heavy atom. The zero-order chi connectivity index (χ0) is 17.4. The first-order valence-corrected chi connectivity index (χ1v) is 8.55. The molecule has 2 rings (SSSR count).